The van der Waals surface area contributed by atoms with Crippen LogP contribution in [0.4, 0.5) is 4.79 Å². The number of hydrogen-bond acceptors (Lipinski definition) is 6. The number of hydrogen-bond donors (Lipinski definition) is 0. The molecule has 0 spiro atoms. The van der Waals surface area contributed by atoms with Gasteiger partial charge in [0, 0.05) is 12.3 Å². The maximum absolute atomic E-state index is 12.7. The summed E-state index contributed by atoms with van der Waals surface area (Å²) in [5.41, 5.74) is 0.858. The maximum atomic E-state index is 12.7. The molecule has 26 heavy (non-hydrogen) atoms. The fraction of sp³-hybridized carbons (Fsp3) is 0.579. The van der Waals surface area contributed by atoms with E-state index in [1.807, 2.05) is 37.3 Å². The van der Waals surface area contributed by atoms with Crippen LogP contribution in [0, 0.1) is 11.8 Å². The lowest BCUT2D eigenvalue weighted by atomic mass is 9.94. The summed E-state index contributed by atoms with van der Waals surface area (Å²) in [4.78, 5) is 26.5. The van der Waals surface area contributed by atoms with Gasteiger partial charge in [-0.3, -0.25) is 4.79 Å². The molecule has 2 amide bonds. The van der Waals surface area contributed by atoms with Gasteiger partial charge >= 0.3 is 12.1 Å². The number of amides is 2. The van der Waals surface area contributed by atoms with E-state index in [2.05, 4.69) is 0 Å². The van der Waals surface area contributed by atoms with Gasteiger partial charge in [-0.2, -0.15) is 0 Å². The molecule has 2 bridgehead atoms. The van der Waals surface area contributed by atoms with Crippen molar-refractivity contribution in [2.24, 2.45) is 11.8 Å². The average Bonchev–Trinajstić information content (AvgIpc) is 3.05. The van der Waals surface area contributed by atoms with Gasteiger partial charge < -0.3 is 18.9 Å². The number of carbonyl (C=O) groups excluding carboxylic acids is 2. The Bertz CT molecular complexity index is 656. The van der Waals surface area contributed by atoms with Crippen LogP contribution < -0.4 is 0 Å². The lowest BCUT2D eigenvalue weighted by molar-refractivity contribution is -0.464. The molecule has 4 saturated heterocycles. The van der Waals surface area contributed by atoms with Crippen LogP contribution in [0.3, 0.4) is 0 Å². The quantitative estimate of drug-likeness (QED) is 0.819. The largest absolute Gasteiger partial charge is 0.444 e. The van der Waals surface area contributed by atoms with Crippen LogP contribution in [0.25, 0.3) is 0 Å². The molecule has 0 unspecified atom stereocenters. The van der Waals surface area contributed by atoms with Gasteiger partial charge in [0.2, 0.25) is 5.91 Å². The van der Waals surface area contributed by atoms with Crippen molar-refractivity contribution in [3.63, 3.8) is 0 Å². The number of ether oxygens (including phenoxy) is 4. The molecule has 4 aliphatic heterocycles. The molecule has 1 aromatic carbocycles. The zero-order chi connectivity index (χ0) is 18.1. The van der Waals surface area contributed by atoms with Crippen LogP contribution in [0.1, 0.15) is 25.3 Å². The molecule has 4 heterocycles. The number of rotatable bonds is 4. The molecule has 5 rings (SSSR count). The Morgan fingerprint density at radius 1 is 1.19 bits per heavy atom. The molecule has 140 valence electrons. The molecular formula is C19H23NO6. The van der Waals surface area contributed by atoms with E-state index < -0.39 is 18.1 Å². The third-order valence-corrected chi connectivity index (χ3v) is 5.28. The maximum Gasteiger partial charge on any atom is 0.417 e. The minimum Gasteiger partial charge on any atom is -0.444 e. The highest BCUT2D eigenvalue weighted by molar-refractivity contribution is 5.94. The van der Waals surface area contributed by atoms with E-state index in [1.54, 1.807) is 0 Å². The fourth-order valence-electron chi connectivity index (χ4n) is 3.85. The van der Waals surface area contributed by atoms with Gasteiger partial charge in [-0.05, 0) is 11.5 Å². The highest BCUT2D eigenvalue weighted by Gasteiger charge is 2.61. The third-order valence-electron chi connectivity index (χ3n) is 5.28. The second-order valence-electron chi connectivity index (χ2n) is 7.02. The van der Waals surface area contributed by atoms with Crippen molar-refractivity contribution in [1.82, 2.24) is 4.90 Å². The summed E-state index contributed by atoms with van der Waals surface area (Å²) < 4.78 is 22.9. The minimum absolute atomic E-state index is 0.0959. The molecule has 4 aliphatic rings. The first-order chi connectivity index (χ1) is 12.6. The van der Waals surface area contributed by atoms with E-state index >= 15 is 0 Å². The molecular weight excluding hydrogens is 338 g/mol. The number of benzene rings is 1. The lowest BCUT2D eigenvalue weighted by Gasteiger charge is -2.50. The summed E-state index contributed by atoms with van der Waals surface area (Å²) in [6, 6.07) is 8.72. The number of fused-ring (bicyclic) bond motifs is 3. The van der Waals surface area contributed by atoms with Crippen LogP contribution in [0.5, 0.6) is 0 Å². The third kappa shape index (κ3) is 3.00. The van der Waals surface area contributed by atoms with Crippen LogP contribution in [0.2, 0.25) is 0 Å². The summed E-state index contributed by atoms with van der Waals surface area (Å²) in [5, 5.41) is 0. The monoisotopic (exact) mass is 361 g/mol. The minimum atomic E-state index is -1.37. The number of carbonyl (C=O) groups is 2. The van der Waals surface area contributed by atoms with Crippen molar-refractivity contribution < 1.29 is 28.5 Å². The van der Waals surface area contributed by atoms with Gasteiger partial charge in [-0.25, -0.2) is 9.69 Å². The predicted octanol–water partition coefficient (Wildman–Crippen LogP) is 2.30. The van der Waals surface area contributed by atoms with E-state index in [0.717, 1.165) is 10.5 Å². The Balaban J connectivity index is 1.54. The standard InChI is InChI=1S/C19H23NO6/c1-2-15-8-16(21)20(18(22)23-9-13-6-4-3-5-7-13)17(15)19-24-10-14(11-25-19)12-26-19/h3-7,14-15,17H,2,8-12H2,1H3/t14?,15-,17-,19?/m0/s1. The summed E-state index contributed by atoms with van der Waals surface area (Å²) >= 11 is 0. The van der Waals surface area contributed by atoms with E-state index in [-0.39, 0.29) is 30.8 Å². The number of imide groups is 1. The smallest absolute Gasteiger partial charge is 0.417 e. The van der Waals surface area contributed by atoms with Gasteiger partial charge in [0.25, 0.3) is 0 Å². The Morgan fingerprint density at radius 2 is 1.85 bits per heavy atom. The average molecular weight is 361 g/mol. The Kier molecular flexibility index (Phi) is 4.69. The van der Waals surface area contributed by atoms with Crippen LogP contribution in [0.15, 0.2) is 30.3 Å². The summed E-state index contributed by atoms with van der Waals surface area (Å²) in [6.07, 6.45) is 0.279. The zero-order valence-electron chi connectivity index (χ0n) is 14.8. The number of nitrogens with zero attached hydrogens (tertiary/aromatic N) is 1. The molecule has 2 atom stereocenters. The van der Waals surface area contributed by atoms with Crippen molar-refractivity contribution in [3.8, 4) is 0 Å². The van der Waals surface area contributed by atoms with Crippen molar-refractivity contribution in [3.05, 3.63) is 35.9 Å². The molecule has 0 radical (unpaired) electrons. The van der Waals surface area contributed by atoms with E-state index in [4.69, 9.17) is 18.9 Å². The zero-order valence-corrected chi connectivity index (χ0v) is 14.8. The normalized spacial score (nSPS) is 33.5. The first-order valence-corrected chi connectivity index (χ1v) is 9.07. The highest BCUT2D eigenvalue weighted by Crippen LogP contribution is 2.43. The van der Waals surface area contributed by atoms with Gasteiger partial charge in [0.15, 0.2) is 0 Å². The SMILES string of the molecule is CC[C@H]1CC(=O)N(C(=O)OCc2ccccc2)[C@@H]1C12OCC(CO1)CO2. The van der Waals surface area contributed by atoms with Crippen LogP contribution >= 0.6 is 0 Å². The predicted molar refractivity (Wildman–Crippen MR) is 89.7 cm³/mol. The molecule has 0 saturated carbocycles. The van der Waals surface area contributed by atoms with E-state index in [1.165, 1.54) is 0 Å². The van der Waals surface area contributed by atoms with Crippen molar-refractivity contribution >= 4 is 12.0 Å². The van der Waals surface area contributed by atoms with Crippen molar-refractivity contribution in [2.75, 3.05) is 19.8 Å². The summed E-state index contributed by atoms with van der Waals surface area (Å²) in [6.45, 7) is 3.61. The second kappa shape index (κ2) is 6.98. The molecule has 7 nitrogen and oxygen atoms in total. The van der Waals surface area contributed by atoms with Gasteiger partial charge in [-0.1, -0.05) is 43.7 Å². The Hall–Kier alpha value is -1.96. The molecule has 7 heteroatoms. The van der Waals surface area contributed by atoms with E-state index in [9.17, 15) is 9.59 Å². The van der Waals surface area contributed by atoms with Gasteiger partial charge in [0.1, 0.15) is 12.6 Å². The van der Waals surface area contributed by atoms with Crippen LogP contribution in [-0.4, -0.2) is 48.7 Å². The molecule has 0 aromatic heterocycles. The molecule has 0 N–H and O–H groups in total. The molecule has 1 aromatic rings. The topological polar surface area (TPSA) is 74.3 Å². The summed E-state index contributed by atoms with van der Waals surface area (Å²) in [7, 11) is 0. The number of likely N-dealkylation sites (tertiary alicyclic amines) is 1. The first kappa shape index (κ1) is 17.5. The van der Waals surface area contributed by atoms with Crippen LogP contribution in [-0.2, 0) is 30.3 Å². The Morgan fingerprint density at radius 3 is 2.46 bits per heavy atom. The summed E-state index contributed by atoms with van der Waals surface area (Å²) in [5.74, 6) is -1.54. The van der Waals surface area contributed by atoms with Crippen molar-refractivity contribution in [1.29, 1.82) is 0 Å². The molecule has 0 aliphatic carbocycles. The Labute approximate surface area is 152 Å². The van der Waals surface area contributed by atoms with Gasteiger partial charge in [-0.15, -0.1) is 0 Å². The highest BCUT2D eigenvalue weighted by atomic mass is 16.9. The lowest BCUT2D eigenvalue weighted by Crippen LogP contribution is -2.65. The van der Waals surface area contributed by atoms with E-state index in [0.29, 0.717) is 26.2 Å². The van der Waals surface area contributed by atoms with Gasteiger partial charge in [0.05, 0.1) is 19.8 Å². The van der Waals surface area contributed by atoms with Crippen molar-refractivity contribution in [2.45, 2.75) is 38.4 Å². The fourth-order valence-corrected chi connectivity index (χ4v) is 3.85. The molecule has 4 fully saturated rings. The first-order valence-electron chi connectivity index (χ1n) is 9.07. The second-order valence-corrected chi connectivity index (χ2v) is 7.02.